The number of aryl methyl sites for hydroxylation is 1. The first-order chi connectivity index (χ1) is 18.1. The third kappa shape index (κ3) is 5.15. The first-order valence-electron chi connectivity index (χ1n) is 12.3. The molecule has 0 saturated carbocycles. The number of nitrogens with zero attached hydrogens (tertiary/aromatic N) is 3. The van der Waals surface area contributed by atoms with E-state index in [1.807, 2.05) is 42.5 Å². The van der Waals surface area contributed by atoms with E-state index in [2.05, 4.69) is 40.2 Å². The summed E-state index contributed by atoms with van der Waals surface area (Å²) in [4.78, 5) is 29.0. The van der Waals surface area contributed by atoms with Crippen LogP contribution < -0.4 is 5.43 Å². The van der Waals surface area contributed by atoms with Crippen LogP contribution in [-0.4, -0.2) is 39.3 Å². The number of imidazole rings is 1. The Morgan fingerprint density at radius 1 is 1.08 bits per heavy atom. The fourth-order valence-corrected chi connectivity index (χ4v) is 5.23. The highest BCUT2D eigenvalue weighted by molar-refractivity contribution is 8.14. The number of thioether (sulfide) groups is 1. The molecule has 37 heavy (non-hydrogen) atoms. The molecule has 0 spiro atoms. The van der Waals surface area contributed by atoms with Gasteiger partial charge in [0.2, 0.25) is 0 Å². The van der Waals surface area contributed by atoms with Gasteiger partial charge in [0.25, 0.3) is 5.24 Å². The summed E-state index contributed by atoms with van der Waals surface area (Å²) in [6, 6.07) is 21.9. The average Bonchev–Trinajstić information content (AvgIpc) is 3.28. The van der Waals surface area contributed by atoms with Crippen molar-refractivity contribution < 1.29 is 14.3 Å². The lowest BCUT2D eigenvalue weighted by Crippen LogP contribution is -2.23. The second-order valence-electron chi connectivity index (χ2n) is 8.86. The smallest absolute Gasteiger partial charge is 0.338 e. The van der Waals surface area contributed by atoms with Crippen molar-refractivity contribution in [2.75, 3.05) is 12.9 Å². The molecule has 0 bridgehead atoms. The lowest BCUT2D eigenvalue weighted by molar-refractivity contribution is 0.0601. The number of rotatable bonds is 8. The van der Waals surface area contributed by atoms with Crippen molar-refractivity contribution in [3.05, 3.63) is 89.2 Å². The molecule has 1 aliphatic heterocycles. The number of hydrogen-bond acceptors (Lipinski definition) is 6. The van der Waals surface area contributed by atoms with E-state index >= 15 is 0 Å². The number of hydrazone groups is 1. The minimum absolute atomic E-state index is 0.136. The van der Waals surface area contributed by atoms with Crippen molar-refractivity contribution in [2.45, 2.75) is 32.7 Å². The maximum Gasteiger partial charge on any atom is 0.338 e. The van der Waals surface area contributed by atoms with Crippen LogP contribution >= 0.6 is 11.8 Å². The molecule has 0 saturated heterocycles. The molecule has 7 nitrogen and oxygen atoms in total. The predicted octanol–water partition coefficient (Wildman–Crippen LogP) is 6.04. The van der Waals surface area contributed by atoms with Crippen LogP contribution in [0.2, 0.25) is 0 Å². The van der Waals surface area contributed by atoms with E-state index in [0.717, 1.165) is 64.1 Å². The lowest BCUT2D eigenvalue weighted by atomic mass is 9.95. The molecule has 0 unspecified atom stereocenters. The minimum Gasteiger partial charge on any atom is -0.465 e. The van der Waals surface area contributed by atoms with E-state index in [1.165, 1.54) is 18.9 Å². The zero-order chi connectivity index (χ0) is 25.8. The Morgan fingerprint density at radius 2 is 1.86 bits per heavy atom. The zero-order valence-corrected chi connectivity index (χ0v) is 21.7. The Labute approximate surface area is 219 Å². The maximum absolute atomic E-state index is 12.5. The molecule has 1 N–H and O–H groups in total. The number of hydrogen-bond donors (Lipinski definition) is 1. The van der Waals surface area contributed by atoms with Gasteiger partial charge in [-0.3, -0.25) is 4.79 Å². The third-order valence-electron chi connectivity index (χ3n) is 6.50. The summed E-state index contributed by atoms with van der Waals surface area (Å²) in [7, 11) is 1.41. The van der Waals surface area contributed by atoms with Crippen LogP contribution in [0.1, 0.15) is 47.1 Å². The summed E-state index contributed by atoms with van der Waals surface area (Å²) in [6.07, 6.45) is 2.98. The molecule has 1 aliphatic rings. The second-order valence-corrected chi connectivity index (χ2v) is 9.81. The summed E-state index contributed by atoms with van der Waals surface area (Å²) in [5, 5.41) is 4.10. The number of benzene rings is 3. The Balaban J connectivity index is 1.57. The van der Waals surface area contributed by atoms with Gasteiger partial charge in [0.15, 0.2) is 0 Å². The van der Waals surface area contributed by atoms with E-state index < -0.39 is 0 Å². The Bertz CT molecular complexity index is 1510. The number of amides is 1. The topological polar surface area (TPSA) is 85.6 Å². The van der Waals surface area contributed by atoms with Gasteiger partial charge in [-0.25, -0.2) is 15.2 Å². The molecule has 1 amide bonds. The van der Waals surface area contributed by atoms with E-state index in [9.17, 15) is 9.59 Å². The van der Waals surface area contributed by atoms with Crippen molar-refractivity contribution in [3.63, 3.8) is 0 Å². The van der Waals surface area contributed by atoms with Crippen LogP contribution in [0.4, 0.5) is 4.79 Å². The number of unbranched alkanes of at least 4 members (excludes halogenated alkanes) is 1. The van der Waals surface area contributed by atoms with Crippen LogP contribution in [0.3, 0.4) is 0 Å². The summed E-state index contributed by atoms with van der Waals surface area (Å²) in [5.41, 5.74) is 9.76. The van der Waals surface area contributed by atoms with Gasteiger partial charge in [-0.1, -0.05) is 73.6 Å². The van der Waals surface area contributed by atoms with Crippen LogP contribution in [-0.2, 0) is 17.7 Å². The standard InChI is InChI=1S/C29H28N4O3S/c1-3-4-13-27-30-24-16-19(25-18-37-29(35)32-31-25)14-15-26(24)33(27)17-20-9-5-6-10-21(20)22-11-7-8-12-23(22)28(34)36-2/h5-12,14-16H,3-4,13,17-18H2,1-2H3,(H,32,35). The molecule has 0 atom stereocenters. The van der Waals surface area contributed by atoms with Gasteiger partial charge >= 0.3 is 5.97 Å². The van der Waals surface area contributed by atoms with Crippen LogP contribution in [0.25, 0.3) is 22.2 Å². The van der Waals surface area contributed by atoms with Gasteiger partial charge in [-0.2, -0.15) is 5.10 Å². The van der Waals surface area contributed by atoms with Gasteiger partial charge in [0.05, 0.1) is 29.4 Å². The van der Waals surface area contributed by atoms with Crippen molar-refractivity contribution >= 4 is 39.7 Å². The molecule has 8 heteroatoms. The van der Waals surface area contributed by atoms with Crippen LogP contribution in [0, 0.1) is 0 Å². The van der Waals surface area contributed by atoms with E-state index in [4.69, 9.17) is 9.72 Å². The monoisotopic (exact) mass is 512 g/mol. The van der Waals surface area contributed by atoms with Gasteiger partial charge in [-0.15, -0.1) is 0 Å². The Morgan fingerprint density at radius 3 is 2.62 bits per heavy atom. The summed E-state index contributed by atoms with van der Waals surface area (Å²) >= 11 is 1.21. The van der Waals surface area contributed by atoms with Crippen molar-refractivity contribution in [1.82, 2.24) is 15.0 Å². The highest BCUT2D eigenvalue weighted by Crippen LogP contribution is 2.30. The summed E-state index contributed by atoms with van der Waals surface area (Å²) in [6.45, 7) is 2.80. The average molecular weight is 513 g/mol. The fraction of sp³-hybridized carbons (Fsp3) is 0.241. The first-order valence-corrected chi connectivity index (χ1v) is 13.3. The molecule has 0 radical (unpaired) electrons. The van der Waals surface area contributed by atoms with Crippen LogP contribution in [0.15, 0.2) is 71.8 Å². The van der Waals surface area contributed by atoms with Crippen LogP contribution in [0.5, 0.6) is 0 Å². The van der Waals surface area contributed by atoms with Crippen molar-refractivity contribution in [1.29, 1.82) is 0 Å². The molecule has 0 fully saturated rings. The second kappa shape index (κ2) is 11.0. The molecule has 2 heterocycles. The van der Waals surface area contributed by atoms with Gasteiger partial charge in [0.1, 0.15) is 5.82 Å². The zero-order valence-electron chi connectivity index (χ0n) is 20.9. The molecular weight excluding hydrogens is 484 g/mol. The molecule has 1 aromatic heterocycles. The van der Waals surface area contributed by atoms with Gasteiger partial charge in [0, 0.05) is 24.3 Å². The minimum atomic E-state index is -0.352. The summed E-state index contributed by atoms with van der Waals surface area (Å²) < 4.78 is 7.32. The molecular formula is C29H28N4O3S. The fourth-order valence-electron chi connectivity index (χ4n) is 4.62. The highest BCUT2D eigenvalue weighted by Gasteiger charge is 2.19. The van der Waals surface area contributed by atoms with Crippen molar-refractivity contribution in [3.8, 4) is 11.1 Å². The molecule has 4 aromatic rings. The van der Waals surface area contributed by atoms with Gasteiger partial charge < -0.3 is 9.30 Å². The normalized spacial score (nSPS) is 13.4. The number of esters is 1. The number of methoxy groups -OCH3 is 1. The summed E-state index contributed by atoms with van der Waals surface area (Å²) in [5.74, 6) is 1.21. The third-order valence-corrected chi connectivity index (χ3v) is 7.28. The first kappa shape index (κ1) is 24.8. The SMILES string of the molecule is CCCCc1nc2cc(C3=NNC(=O)SC3)ccc2n1Cc1ccccc1-c1ccccc1C(=O)OC. The predicted molar refractivity (Wildman–Crippen MR) is 148 cm³/mol. The molecule has 0 aliphatic carbocycles. The number of fused-ring (bicyclic) bond motifs is 1. The molecule has 3 aromatic carbocycles. The van der Waals surface area contributed by atoms with Gasteiger partial charge in [-0.05, 0) is 41.3 Å². The lowest BCUT2D eigenvalue weighted by Gasteiger charge is -2.16. The number of ether oxygens (including phenoxy) is 1. The molecule has 5 rings (SSSR count). The molecule has 188 valence electrons. The Hall–Kier alpha value is -3.91. The van der Waals surface area contributed by atoms with Crippen molar-refractivity contribution in [2.24, 2.45) is 5.10 Å². The number of carbonyl (C=O) groups excluding carboxylic acids is 2. The van der Waals surface area contributed by atoms with E-state index in [1.54, 1.807) is 6.07 Å². The van der Waals surface area contributed by atoms with E-state index in [-0.39, 0.29) is 11.2 Å². The maximum atomic E-state index is 12.5. The number of aromatic nitrogens is 2. The largest absolute Gasteiger partial charge is 0.465 e. The Kier molecular flexibility index (Phi) is 7.37. The number of nitrogens with one attached hydrogen (secondary N) is 1. The highest BCUT2D eigenvalue weighted by atomic mass is 32.2. The number of carbonyl (C=O) groups is 2. The quantitative estimate of drug-likeness (QED) is 0.291. The van der Waals surface area contributed by atoms with E-state index in [0.29, 0.717) is 17.9 Å².